The molecule has 0 amide bonds. The zero-order valence-corrected chi connectivity index (χ0v) is 16.7. The summed E-state index contributed by atoms with van der Waals surface area (Å²) in [5.74, 6) is -0.226. The fraction of sp³-hybridized carbons (Fsp3) is 0.0833. The maximum Gasteiger partial charge on any atom is 0.343 e. The third-order valence-corrected chi connectivity index (χ3v) is 4.87. The Bertz CT molecular complexity index is 1270. The Morgan fingerprint density at radius 1 is 1.06 bits per heavy atom. The highest BCUT2D eigenvalue weighted by molar-refractivity contribution is 6.15. The molecule has 0 saturated carbocycles. The molecule has 0 bridgehead atoms. The molecule has 7 nitrogen and oxygen atoms in total. The van der Waals surface area contributed by atoms with Crippen molar-refractivity contribution in [2.45, 2.75) is 13.8 Å². The second-order valence-electron chi connectivity index (χ2n) is 7.12. The molecule has 0 atom stereocenters. The third kappa shape index (κ3) is 3.93. The topological polar surface area (TPSA) is 95.7 Å². The molecule has 0 N–H and O–H groups in total. The molecule has 0 aliphatic carbocycles. The molecule has 0 fully saturated rings. The van der Waals surface area contributed by atoms with Crippen molar-refractivity contribution in [2.75, 3.05) is 0 Å². The zero-order valence-electron chi connectivity index (χ0n) is 16.7. The molecule has 3 aromatic carbocycles. The molecule has 0 radical (unpaired) electrons. The number of hydrogen-bond donors (Lipinski definition) is 0. The van der Waals surface area contributed by atoms with Crippen LogP contribution in [0.2, 0.25) is 0 Å². The smallest absolute Gasteiger partial charge is 0.343 e. The average Bonchev–Trinajstić information content (AvgIpc) is 3.06. The van der Waals surface area contributed by atoms with Gasteiger partial charge in [-0.2, -0.15) is 0 Å². The Morgan fingerprint density at radius 3 is 2.58 bits per heavy atom. The predicted octanol–water partition coefficient (Wildman–Crippen LogP) is 5.05. The number of nitro groups is 1. The number of ketones is 1. The Hall–Kier alpha value is -4.26. The molecule has 4 rings (SSSR count). The van der Waals surface area contributed by atoms with Gasteiger partial charge in [0.2, 0.25) is 5.78 Å². The number of aryl methyl sites for hydroxylation is 1. The number of Topliss-reactive ketones (excluding diaryl/α,β-unsaturated/α-hetero) is 1. The highest BCUT2D eigenvalue weighted by Crippen LogP contribution is 2.39. The van der Waals surface area contributed by atoms with Gasteiger partial charge in [0, 0.05) is 17.7 Å². The molecular weight excluding hydrogens is 398 g/mol. The van der Waals surface area contributed by atoms with E-state index in [1.165, 1.54) is 30.3 Å². The minimum Gasteiger partial charge on any atom is -0.452 e. The van der Waals surface area contributed by atoms with E-state index in [0.29, 0.717) is 28.0 Å². The van der Waals surface area contributed by atoms with Crippen LogP contribution in [0.15, 0.2) is 66.4 Å². The first kappa shape index (κ1) is 20.0. The van der Waals surface area contributed by atoms with Crippen LogP contribution in [0.4, 0.5) is 5.69 Å². The van der Waals surface area contributed by atoms with Gasteiger partial charge in [0.25, 0.3) is 5.69 Å². The lowest BCUT2D eigenvalue weighted by Crippen LogP contribution is -2.09. The quantitative estimate of drug-likeness (QED) is 0.195. The maximum atomic E-state index is 12.7. The highest BCUT2D eigenvalue weighted by atomic mass is 16.6. The molecule has 0 spiro atoms. The van der Waals surface area contributed by atoms with Crippen LogP contribution in [-0.2, 0) is 0 Å². The number of hydrogen-bond acceptors (Lipinski definition) is 6. The van der Waals surface area contributed by atoms with E-state index in [4.69, 9.17) is 9.47 Å². The monoisotopic (exact) mass is 415 g/mol. The molecule has 31 heavy (non-hydrogen) atoms. The molecule has 0 aromatic heterocycles. The van der Waals surface area contributed by atoms with Crippen LogP contribution in [0.25, 0.3) is 6.08 Å². The minimum absolute atomic E-state index is 0.0424. The Kier molecular flexibility index (Phi) is 5.09. The van der Waals surface area contributed by atoms with Crippen LogP contribution < -0.4 is 9.47 Å². The van der Waals surface area contributed by atoms with Gasteiger partial charge in [0.15, 0.2) is 5.76 Å². The SMILES string of the molecule is Cc1cccc(C(=O)Oc2ccc3c(c2C)O/C(=C\c2cccc([N+](=O)[O-])c2)C3=O)c1. The van der Waals surface area contributed by atoms with Crippen LogP contribution in [0, 0.1) is 24.0 Å². The van der Waals surface area contributed by atoms with Crippen LogP contribution in [0.5, 0.6) is 11.5 Å². The molecule has 7 heteroatoms. The minimum atomic E-state index is -0.511. The second-order valence-corrected chi connectivity index (χ2v) is 7.12. The van der Waals surface area contributed by atoms with Crippen molar-refractivity contribution in [3.8, 4) is 11.5 Å². The standard InChI is InChI=1S/C24H17NO6/c1-14-5-3-7-17(11-14)24(27)31-20-10-9-19-22(26)21(30-23(19)15(20)2)13-16-6-4-8-18(12-16)25(28)29/h3-13H,1-2H3/b21-13-. The molecular formula is C24H17NO6. The predicted molar refractivity (Wildman–Crippen MR) is 113 cm³/mol. The number of carbonyl (C=O) groups is 2. The summed E-state index contributed by atoms with van der Waals surface area (Å²) >= 11 is 0. The summed E-state index contributed by atoms with van der Waals surface area (Å²) in [6.45, 7) is 3.58. The van der Waals surface area contributed by atoms with Gasteiger partial charge >= 0.3 is 5.97 Å². The van der Waals surface area contributed by atoms with Gasteiger partial charge < -0.3 is 9.47 Å². The van der Waals surface area contributed by atoms with Gasteiger partial charge in [-0.3, -0.25) is 14.9 Å². The summed E-state index contributed by atoms with van der Waals surface area (Å²) in [6, 6.07) is 16.0. The lowest BCUT2D eigenvalue weighted by molar-refractivity contribution is -0.384. The lowest BCUT2D eigenvalue weighted by atomic mass is 10.1. The van der Waals surface area contributed by atoms with Gasteiger partial charge in [-0.15, -0.1) is 0 Å². The van der Waals surface area contributed by atoms with Crippen molar-refractivity contribution in [3.63, 3.8) is 0 Å². The summed E-state index contributed by atoms with van der Waals surface area (Å²) in [5.41, 5.74) is 2.58. The largest absolute Gasteiger partial charge is 0.452 e. The van der Waals surface area contributed by atoms with Gasteiger partial charge in [-0.05, 0) is 49.8 Å². The number of esters is 1. The van der Waals surface area contributed by atoms with E-state index in [9.17, 15) is 19.7 Å². The number of ether oxygens (including phenoxy) is 2. The zero-order chi connectivity index (χ0) is 22.1. The number of nitro benzene ring substituents is 1. The molecule has 154 valence electrons. The second kappa shape index (κ2) is 7.87. The average molecular weight is 415 g/mol. The van der Waals surface area contributed by atoms with Crippen LogP contribution >= 0.6 is 0 Å². The van der Waals surface area contributed by atoms with E-state index in [2.05, 4.69) is 0 Å². The van der Waals surface area contributed by atoms with Crippen molar-refractivity contribution < 1.29 is 24.0 Å². The number of nitrogens with zero attached hydrogens (tertiary/aromatic N) is 1. The summed E-state index contributed by atoms with van der Waals surface area (Å²) in [5, 5.41) is 11.0. The van der Waals surface area contributed by atoms with Crippen LogP contribution in [0.1, 0.15) is 37.4 Å². The molecule has 0 saturated heterocycles. The van der Waals surface area contributed by atoms with Crippen molar-refractivity contribution >= 4 is 23.5 Å². The van der Waals surface area contributed by atoms with Gasteiger partial charge in [0.1, 0.15) is 11.5 Å². The van der Waals surface area contributed by atoms with E-state index >= 15 is 0 Å². The fourth-order valence-electron chi connectivity index (χ4n) is 3.29. The van der Waals surface area contributed by atoms with E-state index in [1.807, 2.05) is 13.0 Å². The Morgan fingerprint density at radius 2 is 1.84 bits per heavy atom. The van der Waals surface area contributed by atoms with Crippen LogP contribution in [0.3, 0.4) is 0 Å². The fourth-order valence-corrected chi connectivity index (χ4v) is 3.29. The summed E-state index contributed by atoms with van der Waals surface area (Å²) < 4.78 is 11.3. The number of benzene rings is 3. The number of fused-ring (bicyclic) bond motifs is 1. The molecule has 1 aliphatic rings. The van der Waals surface area contributed by atoms with Crippen molar-refractivity contribution in [2.24, 2.45) is 0 Å². The Balaban J connectivity index is 1.62. The van der Waals surface area contributed by atoms with Crippen LogP contribution in [-0.4, -0.2) is 16.7 Å². The summed E-state index contributed by atoms with van der Waals surface area (Å²) in [6.07, 6.45) is 1.45. The molecule has 1 heterocycles. The molecule has 0 unspecified atom stereocenters. The van der Waals surface area contributed by atoms with E-state index in [-0.39, 0.29) is 23.0 Å². The third-order valence-electron chi connectivity index (χ3n) is 4.87. The van der Waals surface area contributed by atoms with Crippen molar-refractivity contribution in [1.29, 1.82) is 0 Å². The van der Waals surface area contributed by atoms with E-state index in [1.54, 1.807) is 37.3 Å². The number of rotatable bonds is 4. The van der Waals surface area contributed by atoms with Gasteiger partial charge in [-0.1, -0.05) is 29.8 Å². The van der Waals surface area contributed by atoms with Crippen molar-refractivity contribution in [3.05, 3.63) is 104 Å². The normalized spacial score (nSPS) is 13.6. The first-order chi connectivity index (χ1) is 14.8. The lowest BCUT2D eigenvalue weighted by Gasteiger charge is -2.10. The van der Waals surface area contributed by atoms with Gasteiger partial charge in [-0.25, -0.2) is 4.79 Å². The highest BCUT2D eigenvalue weighted by Gasteiger charge is 2.30. The maximum absolute atomic E-state index is 12.7. The first-order valence-corrected chi connectivity index (χ1v) is 9.44. The number of allylic oxidation sites excluding steroid dienone is 1. The van der Waals surface area contributed by atoms with Crippen molar-refractivity contribution in [1.82, 2.24) is 0 Å². The molecule has 3 aromatic rings. The van der Waals surface area contributed by atoms with E-state index in [0.717, 1.165) is 5.56 Å². The summed E-state index contributed by atoms with van der Waals surface area (Å²) in [7, 11) is 0. The molecule has 1 aliphatic heterocycles. The summed E-state index contributed by atoms with van der Waals surface area (Å²) in [4.78, 5) is 35.7. The van der Waals surface area contributed by atoms with Gasteiger partial charge in [0.05, 0.1) is 16.1 Å². The number of carbonyl (C=O) groups excluding carboxylic acids is 2. The number of non-ortho nitro benzene ring substituents is 1. The van der Waals surface area contributed by atoms with E-state index < -0.39 is 10.9 Å². The first-order valence-electron chi connectivity index (χ1n) is 9.44. The Labute approximate surface area is 177 Å².